The number of nitrogens with one attached hydrogen (secondary N) is 1. The first-order valence-corrected chi connectivity index (χ1v) is 8.62. The Labute approximate surface area is 147 Å². The Morgan fingerprint density at radius 1 is 1.08 bits per heavy atom. The van der Waals surface area contributed by atoms with E-state index in [2.05, 4.69) is 20.5 Å². The average molecular weight is 349 g/mol. The predicted octanol–water partition coefficient (Wildman–Crippen LogP) is 3.35. The molecule has 0 amide bonds. The number of aryl methyl sites for hydroxylation is 1. The van der Waals surface area contributed by atoms with Crippen molar-refractivity contribution in [3.05, 3.63) is 75.7 Å². The summed E-state index contributed by atoms with van der Waals surface area (Å²) >= 11 is 1.44. The molecule has 2 aromatic heterocycles. The largest absolute Gasteiger partial charge is 0.330 e. The van der Waals surface area contributed by atoms with E-state index in [-0.39, 0.29) is 5.56 Å². The lowest BCUT2D eigenvalue weighted by atomic mass is 10.2. The summed E-state index contributed by atoms with van der Waals surface area (Å²) in [5.41, 5.74) is 3.55. The topological polar surface area (TPSA) is 72.7 Å². The van der Waals surface area contributed by atoms with Crippen molar-refractivity contribution in [1.29, 1.82) is 0 Å². The van der Waals surface area contributed by atoms with E-state index in [1.807, 2.05) is 55.5 Å². The molecule has 2 heterocycles. The fraction of sp³-hybridized carbons (Fsp3) is 0.111. The second-order valence-corrected chi connectivity index (χ2v) is 6.67. The lowest BCUT2D eigenvalue weighted by molar-refractivity contribution is 0.769. The van der Waals surface area contributed by atoms with Crippen LogP contribution in [0, 0.1) is 6.92 Å². The number of aromatic nitrogens is 4. The third-order valence-corrected chi connectivity index (χ3v) is 4.72. The molecular weight excluding hydrogens is 334 g/mol. The Balaban J connectivity index is 1.63. The van der Waals surface area contributed by atoms with Gasteiger partial charge in [0, 0.05) is 5.69 Å². The van der Waals surface area contributed by atoms with Crippen LogP contribution in [-0.4, -0.2) is 19.7 Å². The van der Waals surface area contributed by atoms with Gasteiger partial charge in [0.25, 0.3) is 5.56 Å². The molecule has 0 saturated heterocycles. The average Bonchev–Trinajstić information content (AvgIpc) is 3.07. The number of fused-ring (bicyclic) bond motifs is 1. The van der Waals surface area contributed by atoms with Crippen LogP contribution < -0.4 is 10.9 Å². The van der Waals surface area contributed by atoms with Gasteiger partial charge in [-0.2, -0.15) is 0 Å². The van der Waals surface area contributed by atoms with Crippen molar-refractivity contribution in [3.8, 4) is 0 Å². The van der Waals surface area contributed by atoms with Crippen LogP contribution in [0.15, 0.2) is 59.5 Å². The van der Waals surface area contributed by atoms with E-state index in [1.165, 1.54) is 17.5 Å². The van der Waals surface area contributed by atoms with Gasteiger partial charge in [-0.15, -0.1) is 10.2 Å². The van der Waals surface area contributed by atoms with Gasteiger partial charge in [0.1, 0.15) is 5.01 Å². The highest BCUT2D eigenvalue weighted by molar-refractivity contribution is 7.15. The fourth-order valence-electron chi connectivity index (χ4n) is 2.61. The molecule has 4 rings (SSSR count). The summed E-state index contributed by atoms with van der Waals surface area (Å²) in [7, 11) is 0. The molecule has 0 fully saturated rings. The molecular formula is C18H15N5OS. The minimum atomic E-state index is -0.151. The first-order chi connectivity index (χ1) is 12.2. The quantitative estimate of drug-likeness (QED) is 0.612. The van der Waals surface area contributed by atoms with Crippen LogP contribution in [0.5, 0.6) is 0 Å². The van der Waals surface area contributed by atoms with Gasteiger partial charge in [0.2, 0.25) is 5.13 Å². The van der Waals surface area contributed by atoms with Crippen molar-refractivity contribution in [3.63, 3.8) is 0 Å². The molecule has 6 nitrogen and oxygen atoms in total. The fourth-order valence-corrected chi connectivity index (χ4v) is 3.35. The number of anilines is 2. The first-order valence-electron chi connectivity index (χ1n) is 7.80. The van der Waals surface area contributed by atoms with Crippen molar-refractivity contribution >= 4 is 33.2 Å². The van der Waals surface area contributed by atoms with Gasteiger partial charge in [-0.1, -0.05) is 41.7 Å². The number of hydrogen-bond acceptors (Lipinski definition) is 6. The van der Waals surface area contributed by atoms with E-state index in [0.717, 1.165) is 27.3 Å². The minimum Gasteiger partial charge on any atom is -0.330 e. The van der Waals surface area contributed by atoms with Gasteiger partial charge in [0.05, 0.1) is 23.8 Å². The molecule has 0 aliphatic rings. The highest BCUT2D eigenvalue weighted by atomic mass is 32.1. The van der Waals surface area contributed by atoms with E-state index in [9.17, 15) is 4.79 Å². The maximum Gasteiger partial charge on any atom is 0.269 e. The second kappa shape index (κ2) is 6.45. The lowest BCUT2D eigenvalue weighted by Crippen LogP contribution is -2.20. The van der Waals surface area contributed by atoms with Crippen LogP contribution >= 0.6 is 11.3 Å². The number of nitrogens with zero attached hydrogens (tertiary/aromatic N) is 4. The summed E-state index contributed by atoms with van der Waals surface area (Å²) in [5.74, 6) is 0. The first kappa shape index (κ1) is 15.5. The lowest BCUT2D eigenvalue weighted by Gasteiger charge is -2.07. The molecule has 0 unspecified atom stereocenters. The molecule has 0 aliphatic heterocycles. The van der Waals surface area contributed by atoms with Crippen LogP contribution in [0.2, 0.25) is 0 Å². The van der Waals surface area contributed by atoms with Crippen LogP contribution in [0.25, 0.3) is 11.0 Å². The Kier molecular flexibility index (Phi) is 3.99. The Bertz CT molecular complexity index is 1100. The Morgan fingerprint density at radius 3 is 2.76 bits per heavy atom. The zero-order valence-corrected chi connectivity index (χ0v) is 14.3. The second-order valence-electron chi connectivity index (χ2n) is 5.61. The summed E-state index contributed by atoms with van der Waals surface area (Å²) in [6.07, 6.45) is 1.34. The Morgan fingerprint density at radius 2 is 1.88 bits per heavy atom. The molecule has 0 aliphatic carbocycles. The van der Waals surface area contributed by atoms with Crippen molar-refractivity contribution in [2.75, 3.05) is 5.32 Å². The molecule has 0 saturated carbocycles. The van der Waals surface area contributed by atoms with E-state index in [1.54, 1.807) is 4.57 Å². The van der Waals surface area contributed by atoms with Crippen LogP contribution in [0.3, 0.4) is 0 Å². The van der Waals surface area contributed by atoms with Crippen molar-refractivity contribution in [1.82, 2.24) is 19.7 Å². The van der Waals surface area contributed by atoms with Crippen molar-refractivity contribution in [2.24, 2.45) is 0 Å². The zero-order chi connectivity index (χ0) is 17.2. The minimum absolute atomic E-state index is 0.151. The van der Waals surface area contributed by atoms with E-state index < -0.39 is 0 Å². The van der Waals surface area contributed by atoms with Crippen LogP contribution in [0.4, 0.5) is 10.8 Å². The van der Waals surface area contributed by atoms with E-state index in [4.69, 9.17) is 0 Å². The maximum absolute atomic E-state index is 12.2. The number of hydrogen-bond donors (Lipinski definition) is 1. The third-order valence-electron chi connectivity index (χ3n) is 3.90. The highest BCUT2D eigenvalue weighted by Gasteiger charge is 2.10. The number of benzene rings is 2. The third kappa shape index (κ3) is 3.14. The van der Waals surface area contributed by atoms with Crippen LogP contribution in [-0.2, 0) is 6.54 Å². The normalized spacial score (nSPS) is 10.9. The van der Waals surface area contributed by atoms with Gasteiger partial charge < -0.3 is 5.32 Å². The molecule has 0 atom stereocenters. The Hall–Kier alpha value is -3.06. The van der Waals surface area contributed by atoms with Gasteiger partial charge in [-0.05, 0) is 30.7 Å². The molecule has 1 N–H and O–H groups in total. The van der Waals surface area contributed by atoms with Crippen molar-refractivity contribution < 1.29 is 0 Å². The zero-order valence-electron chi connectivity index (χ0n) is 13.5. The summed E-state index contributed by atoms with van der Waals surface area (Å²) in [6.45, 7) is 2.40. The summed E-state index contributed by atoms with van der Waals surface area (Å²) in [4.78, 5) is 16.4. The summed E-state index contributed by atoms with van der Waals surface area (Å²) < 4.78 is 1.67. The summed E-state index contributed by atoms with van der Waals surface area (Å²) in [6, 6.07) is 15.6. The molecule has 0 spiro atoms. The van der Waals surface area contributed by atoms with Gasteiger partial charge in [-0.3, -0.25) is 9.36 Å². The smallest absolute Gasteiger partial charge is 0.269 e. The predicted molar refractivity (Wildman–Crippen MR) is 99.5 cm³/mol. The number of rotatable bonds is 4. The molecule has 2 aromatic carbocycles. The highest BCUT2D eigenvalue weighted by Crippen LogP contribution is 2.23. The molecule has 25 heavy (non-hydrogen) atoms. The molecule has 124 valence electrons. The van der Waals surface area contributed by atoms with Crippen LogP contribution in [0.1, 0.15) is 10.6 Å². The maximum atomic E-state index is 12.2. The molecule has 7 heteroatoms. The van der Waals surface area contributed by atoms with Gasteiger partial charge in [-0.25, -0.2) is 4.98 Å². The van der Waals surface area contributed by atoms with Gasteiger partial charge in [0.15, 0.2) is 0 Å². The standard InChI is InChI=1S/C18H15N5OS/c1-12-6-2-3-7-13(12)20-18-22-21-16(25-18)11-23-15-9-5-4-8-14(15)19-10-17(23)24/h2-10H,11H2,1H3,(H,20,22). The van der Waals surface area contributed by atoms with Crippen molar-refractivity contribution in [2.45, 2.75) is 13.5 Å². The molecule has 0 bridgehead atoms. The number of para-hydroxylation sites is 3. The van der Waals surface area contributed by atoms with Gasteiger partial charge >= 0.3 is 0 Å². The molecule has 0 radical (unpaired) electrons. The SMILES string of the molecule is Cc1ccccc1Nc1nnc(Cn2c(=O)cnc3ccccc32)s1. The summed E-state index contributed by atoms with van der Waals surface area (Å²) in [5, 5.41) is 13.1. The monoisotopic (exact) mass is 349 g/mol. The van der Waals surface area contributed by atoms with E-state index in [0.29, 0.717) is 11.7 Å². The molecule has 4 aromatic rings. The van der Waals surface area contributed by atoms with E-state index >= 15 is 0 Å².